The van der Waals surface area contributed by atoms with Crippen LogP contribution in [0.3, 0.4) is 0 Å². The lowest BCUT2D eigenvalue weighted by Gasteiger charge is -2.10. The third-order valence-electron chi connectivity index (χ3n) is 3.19. The van der Waals surface area contributed by atoms with Gasteiger partial charge in [0.25, 0.3) is 0 Å². The Kier molecular flexibility index (Phi) is 4.20. The fourth-order valence-electron chi connectivity index (χ4n) is 2.06. The third kappa shape index (κ3) is 3.82. The minimum Gasteiger partial charge on any atom is -0.381 e. The first-order chi connectivity index (χ1) is 9.04. The van der Waals surface area contributed by atoms with Crippen LogP contribution in [0.5, 0.6) is 0 Å². The molecule has 0 heterocycles. The predicted molar refractivity (Wildman–Crippen MR) is 79.0 cm³/mol. The molecule has 0 unspecified atom stereocenters. The lowest BCUT2D eigenvalue weighted by molar-refractivity contribution is 0.627. The van der Waals surface area contributed by atoms with Crippen LogP contribution in [-0.2, 0) is 6.54 Å². The maximum atomic E-state index is 13.3. The van der Waals surface area contributed by atoms with E-state index in [1.165, 1.54) is 23.3 Å². The molecular weight excluding hydrogens is 237 g/mol. The highest BCUT2D eigenvalue weighted by Crippen LogP contribution is 2.17. The largest absolute Gasteiger partial charge is 0.381 e. The molecule has 0 aliphatic carbocycles. The standard InChI is InChI=1S/C17H20FN/c1-12(2)15-6-4-14(5-7-15)11-19-17-9-13(3)8-16(18)10-17/h4-10,12,19H,11H2,1-3H3. The maximum Gasteiger partial charge on any atom is 0.125 e. The van der Waals surface area contributed by atoms with Gasteiger partial charge in [0.1, 0.15) is 5.82 Å². The van der Waals surface area contributed by atoms with Crippen LogP contribution in [0.2, 0.25) is 0 Å². The van der Waals surface area contributed by atoms with E-state index in [0.717, 1.165) is 11.3 Å². The van der Waals surface area contributed by atoms with Gasteiger partial charge in [0.2, 0.25) is 0 Å². The number of nitrogens with one attached hydrogen (secondary N) is 1. The Bertz CT molecular complexity index is 523. The van der Waals surface area contributed by atoms with Gasteiger partial charge in [-0.3, -0.25) is 0 Å². The summed E-state index contributed by atoms with van der Waals surface area (Å²) in [6.45, 7) is 6.97. The molecular formula is C17H20FN. The zero-order chi connectivity index (χ0) is 13.8. The summed E-state index contributed by atoms with van der Waals surface area (Å²) in [5.41, 5.74) is 4.29. The van der Waals surface area contributed by atoms with Gasteiger partial charge in [-0.1, -0.05) is 38.1 Å². The molecule has 0 radical (unpaired) electrons. The first-order valence-corrected chi connectivity index (χ1v) is 6.64. The van der Waals surface area contributed by atoms with Crippen molar-refractivity contribution in [2.45, 2.75) is 33.2 Å². The van der Waals surface area contributed by atoms with Crippen LogP contribution in [0.4, 0.5) is 10.1 Å². The summed E-state index contributed by atoms with van der Waals surface area (Å²) in [5, 5.41) is 3.25. The van der Waals surface area contributed by atoms with Gasteiger partial charge in [-0.15, -0.1) is 0 Å². The van der Waals surface area contributed by atoms with Crippen molar-refractivity contribution < 1.29 is 4.39 Å². The van der Waals surface area contributed by atoms with Crippen LogP contribution in [0.25, 0.3) is 0 Å². The van der Waals surface area contributed by atoms with Crippen LogP contribution in [0.1, 0.15) is 36.5 Å². The minimum atomic E-state index is -0.197. The van der Waals surface area contributed by atoms with Gasteiger partial charge in [-0.2, -0.15) is 0 Å². The third-order valence-corrected chi connectivity index (χ3v) is 3.19. The van der Waals surface area contributed by atoms with E-state index < -0.39 is 0 Å². The monoisotopic (exact) mass is 257 g/mol. The molecule has 100 valence electrons. The highest BCUT2D eigenvalue weighted by atomic mass is 19.1. The van der Waals surface area contributed by atoms with Crippen molar-refractivity contribution in [1.29, 1.82) is 0 Å². The van der Waals surface area contributed by atoms with E-state index in [2.05, 4.69) is 43.4 Å². The van der Waals surface area contributed by atoms with E-state index in [9.17, 15) is 4.39 Å². The van der Waals surface area contributed by atoms with Crippen LogP contribution >= 0.6 is 0 Å². The topological polar surface area (TPSA) is 12.0 Å². The molecule has 0 aliphatic rings. The fourth-order valence-corrected chi connectivity index (χ4v) is 2.06. The molecule has 2 rings (SSSR count). The summed E-state index contributed by atoms with van der Waals surface area (Å²) in [7, 11) is 0. The van der Waals surface area contributed by atoms with Gasteiger partial charge in [0.05, 0.1) is 0 Å². The molecule has 0 spiro atoms. The number of hydrogen-bond acceptors (Lipinski definition) is 1. The van der Waals surface area contributed by atoms with Crippen molar-refractivity contribution in [2.24, 2.45) is 0 Å². The van der Waals surface area contributed by atoms with E-state index in [0.29, 0.717) is 12.5 Å². The number of halogens is 1. The molecule has 0 aromatic heterocycles. The number of rotatable bonds is 4. The molecule has 0 bridgehead atoms. The lowest BCUT2D eigenvalue weighted by Crippen LogP contribution is -2.00. The number of anilines is 1. The Labute approximate surface area is 114 Å². The Morgan fingerprint density at radius 3 is 2.32 bits per heavy atom. The van der Waals surface area contributed by atoms with Gasteiger partial charge in [0.15, 0.2) is 0 Å². The first-order valence-electron chi connectivity index (χ1n) is 6.64. The zero-order valence-corrected chi connectivity index (χ0v) is 11.7. The van der Waals surface area contributed by atoms with Gasteiger partial charge in [-0.25, -0.2) is 4.39 Å². The highest BCUT2D eigenvalue weighted by Gasteiger charge is 2.00. The van der Waals surface area contributed by atoms with E-state index in [1.807, 2.05) is 13.0 Å². The molecule has 1 N–H and O–H groups in total. The molecule has 0 aliphatic heterocycles. The second kappa shape index (κ2) is 5.87. The van der Waals surface area contributed by atoms with Crippen LogP contribution < -0.4 is 5.32 Å². The molecule has 0 atom stereocenters. The average Bonchev–Trinajstić information content (AvgIpc) is 2.36. The van der Waals surface area contributed by atoms with Gasteiger partial charge >= 0.3 is 0 Å². The van der Waals surface area contributed by atoms with E-state index in [-0.39, 0.29) is 5.82 Å². The quantitative estimate of drug-likeness (QED) is 0.824. The smallest absolute Gasteiger partial charge is 0.125 e. The van der Waals surface area contributed by atoms with Crippen molar-refractivity contribution in [3.8, 4) is 0 Å². The molecule has 2 heteroatoms. The summed E-state index contributed by atoms with van der Waals surface area (Å²) in [4.78, 5) is 0. The average molecular weight is 257 g/mol. The highest BCUT2D eigenvalue weighted by molar-refractivity contribution is 5.46. The fraction of sp³-hybridized carbons (Fsp3) is 0.294. The second-order valence-corrected chi connectivity index (χ2v) is 5.27. The van der Waals surface area contributed by atoms with E-state index in [4.69, 9.17) is 0 Å². The van der Waals surface area contributed by atoms with Crippen molar-refractivity contribution in [2.75, 3.05) is 5.32 Å². The van der Waals surface area contributed by atoms with Gasteiger partial charge < -0.3 is 5.32 Å². The minimum absolute atomic E-state index is 0.197. The SMILES string of the molecule is Cc1cc(F)cc(NCc2ccc(C(C)C)cc2)c1. The Balaban J connectivity index is 2.02. The lowest BCUT2D eigenvalue weighted by atomic mass is 10.0. The molecule has 0 amide bonds. The Morgan fingerprint density at radius 1 is 1.05 bits per heavy atom. The van der Waals surface area contributed by atoms with E-state index in [1.54, 1.807) is 0 Å². The Hall–Kier alpha value is -1.83. The van der Waals surface area contributed by atoms with Gasteiger partial charge in [0, 0.05) is 12.2 Å². The van der Waals surface area contributed by atoms with Crippen molar-refractivity contribution >= 4 is 5.69 Å². The predicted octanol–water partition coefficient (Wildman–Crippen LogP) is 4.87. The van der Waals surface area contributed by atoms with Crippen molar-refractivity contribution in [3.05, 3.63) is 65.0 Å². The molecule has 19 heavy (non-hydrogen) atoms. The summed E-state index contributed by atoms with van der Waals surface area (Å²) < 4.78 is 13.3. The number of aryl methyl sites for hydroxylation is 1. The second-order valence-electron chi connectivity index (χ2n) is 5.27. The summed E-state index contributed by atoms with van der Waals surface area (Å²) in [6, 6.07) is 13.5. The Morgan fingerprint density at radius 2 is 1.74 bits per heavy atom. The maximum absolute atomic E-state index is 13.3. The van der Waals surface area contributed by atoms with Crippen LogP contribution in [0.15, 0.2) is 42.5 Å². The summed E-state index contributed by atoms with van der Waals surface area (Å²) >= 11 is 0. The van der Waals surface area contributed by atoms with Crippen LogP contribution in [-0.4, -0.2) is 0 Å². The summed E-state index contributed by atoms with van der Waals surface area (Å²) in [5.74, 6) is 0.352. The molecule has 2 aromatic carbocycles. The first kappa shape index (κ1) is 13.6. The molecule has 1 nitrogen and oxygen atoms in total. The number of hydrogen-bond donors (Lipinski definition) is 1. The number of benzene rings is 2. The zero-order valence-electron chi connectivity index (χ0n) is 11.7. The van der Waals surface area contributed by atoms with Crippen molar-refractivity contribution in [1.82, 2.24) is 0 Å². The van der Waals surface area contributed by atoms with E-state index >= 15 is 0 Å². The van der Waals surface area contributed by atoms with Crippen LogP contribution in [0, 0.1) is 12.7 Å². The molecule has 0 fully saturated rings. The van der Waals surface area contributed by atoms with Crippen molar-refractivity contribution in [3.63, 3.8) is 0 Å². The molecule has 0 saturated heterocycles. The molecule has 0 saturated carbocycles. The summed E-state index contributed by atoms with van der Waals surface area (Å²) in [6.07, 6.45) is 0. The normalized spacial score (nSPS) is 10.8. The molecule has 2 aromatic rings. The van der Waals surface area contributed by atoms with Gasteiger partial charge in [-0.05, 0) is 47.7 Å².